The number of thiazole rings is 1. The van der Waals surface area contributed by atoms with Crippen LogP contribution < -0.4 is 10.6 Å². The maximum atomic E-state index is 14.5. The van der Waals surface area contributed by atoms with Crippen LogP contribution >= 0.6 is 11.3 Å². The van der Waals surface area contributed by atoms with E-state index in [1.54, 1.807) is 36.0 Å². The monoisotopic (exact) mass is 440 g/mol. The van der Waals surface area contributed by atoms with E-state index in [-0.39, 0.29) is 17.6 Å². The summed E-state index contributed by atoms with van der Waals surface area (Å²) in [4.78, 5) is 36.4. The Kier molecular flexibility index (Phi) is 5.58. The van der Waals surface area contributed by atoms with E-state index in [2.05, 4.69) is 25.6 Å². The Morgan fingerprint density at radius 3 is 2.74 bits per heavy atom. The molecular weight excluding hydrogens is 423 g/mol. The Morgan fingerprint density at radius 2 is 2.00 bits per heavy atom. The van der Waals surface area contributed by atoms with Gasteiger partial charge in [0.1, 0.15) is 5.82 Å². The molecule has 3 aromatic heterocycles. The van der Waals surface area contributed by atoms with Crippen LogP contribution in [0, 0.1) is 5.82 Å². The second kappa shape index (κ2) is 8.48. The fraction of sp³-hybridized carbons (Fsp3) is 0.150. The maximum Gasteiger partial charge on any atom is 0.411 e. The molecule has 9 nitrogen and oxygen atoms in total. The SMILES string of the molecule is CC(C)OC(=O)Nc1cnc2nc(-c3cc(NC(=O)c4nccs4)ccc3F)cn2c1. The van der Waals surface area contributed by atoms with E-state index in [0.29, 0.717) is 27.9 Å². The summed E-state index contributed by atoms with van der Waals surface area (Å²) in [6.45, 7) is 3.48. The van der Waals surface area contributed by atoms with Crippen molar-refractivity contribution in [3.05, 3.63) is 59.2 Å². The van der Waals surface area contributed by atoms with E-state index < -0.39 is 11.9 Å². The molecule has 11 heteroatoms. The number of ether oxygens (including phenoxy) is 1. The summed E-state index contributed by atoms with van der Waals surface area (Å²) < 4.78 is 21.1. The average Bonchev–Trinajstić information content (AvgIpc) is 3.38. The van der Waals surface area contributed by atoms with E-state index in [1.165, 1.54) is 41.9 Å². The van der Waals surface area contributed by atoms with Gasteiger partial charge < -0.3 is 10.1 Å². The summed E-state index contributed by atoms with van der Waals surface area (Å²) in [5.41, 5.74) is 1.31. The first-order valence-electron chi connectivity index (χ1n) is 9.22. The predicted molar refractivity (Wildman–Crippen MR) is 114 cm³/mol. The van der Waals surface area contributed by atoms with Gasteiger partial charge in [-0.25, -0.2) is 24.1 Å². The fourth-order valence-corrected chi connectivity index (χ4v) is 3.29. The van der Waals surface area contributed by atoms with Crippen LogP contribution in [0.5, 0.6) is 0 Å². The van der Waals surface area contributed by atoms with Gasteiger partial charge in [0.15, 0.2) is 5.01 Å². The molecule has 0 saturated heterocycles. The van der Waals surface area contributed by atoms with Crippen molar-refractivity contribution < 1.29 is 18.7 Å². The molecule has 0 spiro atoms. The van der Waals surface area contributed by atoms with Crippen LogP contribution in [0.1, 0.15) is 23.6 Å². The van der Waals surface area contributed by atoms with Gasteiger partial charge in [-0.1, -0.05) is 0 Å². The molecule has 0 radical (unpaired) electrons. The number of hydrogen-bond acceptors (Lipinski definition) is 7. The van der Waals surface area contributed by atoms with Crippen molar-refractivity contribution >= 4 is 40.5 Å². The molecule has 0 bridgehead atoms. The lowest BCUT2D eigenvalue weighted by molar-refractivity contribution is 0.102. The third kappa shape index (κ3) is 4.67. The first kappa shape index (κ1) is 20.4. The number of fused-ring (bicyclic) bond motifs is 1. The zero-order valence-corrected chi connectivity index (χ0v) is 17.3. The van der Waals surface area contributed by atoms with Gasteiger partial charge in [0, 0.05) is 35.2 Å². The molecule has 3 heterocycles. The van der Waals surface area contributed by atoms with Crippen molar-refractivity contribution in [3.63, 3.8) is 0 Å². The van der Waals surface area contributed by atoms with Gasteiger partial charge in [-0.15, -0.1) is 11.3 Å². The summed E-state index contributed by atoms with van der Waals surface area (Å²) >= 11 is 1.21. The largest absolute Gasteiger partial charge is 0.447 e. The predicted octanol–water partition coefficient (Wildman–Crippen LogP) is 4.20. The highest BCUT2D eigenvalue weighted by molar-refractivity contribution is 7.11. The third-order valence-corrected chi connectivity index (χ3v) is 4.80. The van der Waals surface area contributed by atoms with E-state index in [0.717, 1.165) is 0 Å². The van der Waals surface area contributed by atoms with Crippen molar-refractivity contribution in [2.45, 2.75) is 20.0 Å². The summed E-state index contributed by atoms with van der Waals surface area (Å²) in [5.74, 6) is -0.572. The molecule has 31 heavy (non-hydrogen) atoms. The Balaban J connectivity index is 1.59. The fourth-order valence-electron chi connectivity index (χ4n) is 2.76. The Morgan fingerprint density at radius 1 is 1.16 bits per heavy atom. The number of rotatable bonds is 5. The summed E-state index contributed by atoms with van der Waals surface area (Å²) in [5, 5.41) is 7.26. The quantitative estimate of drug-likeness (QED) is 0.481. The molecule has 0 aliphatic heterocycles. The van der Waals surface area contributed by atoms with Gasteiger partial charge in [-0.3, -0.25) is 14.5 Å². The van der Waals surface area contributed by atoms with Gasteiger partial charge in [0.05, 0.1) is 23.7 Å². The molecule has 0 aliphatic carbocycles. The third-order valence-electron chi connectivity index (χ3n) is 4.03. The van der Waals surface area contributed by atoms with Crippen LogP contribution in [0.4, 0.5) is 20.6 Å². The Hall–Kier alpha value is -3.86. The highest BCUT2D eigenvalue weighted by Crippen LogP contribution is 2.26. The normalized spacial score (nSPS) is 11.0. The maximum absolute atomic E-state index is 14.5. The zero-order valence-electron chi connectivity index (χ0n) is 16.5. The first-order chi connectivity index (χ1) is 14.9. The number of hydrogen-bond donors (Lipinski definition) is 2. The lowest BCUT2D eigenvalue weighted by Crippen LogP contribution is -2.18. The molecule has 4 aromatic rings. The van der Waals surface area contributed by atoms with Crippen molar-refractivity contribution in [3.8, 4) is 11.3 Å². The van der Waals surface area contributed by atoms with Crippen LogP contribution in [-0.2, 0) is 4.74 Å². The van der Waals surface area contributed by atoms with Gasteiger partial charge in [0.2, 0.25) is 5.78 Å². The number of halogens is 1. The lowest BCUT2D eigenvalue weighted by Gasteiger charge is -2.09. The van der Waals surface area contributed by atoms with E-state index in [1.807, 2.05) is 0 Å². The van der Waals surface area contributed by atoms with Crippen LogP contribution in [0.3, 0.4) is 0 Å². The number of anilines is 2. The highest BCUT2D eigenvalue weighted by atomic mass is 32.1. The van der Waals surface area contributed by atoms with Gasteiger partial charge in [0.25, 0.3) is 5.91 Å². The number of carbonyl (C=O) groups excluding carboxylic acids is 2. The number of nitrogens with zero attached hydrogens (tertiary/aromatic N) is 4. The number of benzene rings is 1. The van der Waals surface area contributed by atoms with E-state index >= 15 is 0 Å². The summed E-state index contributed by atoms with van der Waals surface area (Å²) in [7, 11) is 0. The minimum Gasteiger partial charge on any atom is -0.447 e. The molecule has 4 rings (SSSR count). The minimum absolute atomic E-state index is 0.191. The highest BCUT2D eigenvalue weighted by Gasteiger charge is 2.15. The van der Waals surface area contributed by atoms with Crippen molar-refractivity contribution in [2.24, 2.45) is 0 Å². The molecule has 0 aliphatic rings. The van der Waals surface area contributed by atoms with Crippen LogP contribution in [0.2, 0.25) is 0 Å². The van der Waals surface area contributed by atoms with Gasteiger partial charge >= 0.3 is 6.09 Å². The number of amides is 2. The molecule has 158 valence electrons. The molecule has 2 N–H and O–H groups in total. The molecule has 0 saturated carbocycles. The standard InChI is InChI=1S/C20H17FN6O3S/c1-11(2)30-20(29)25-13-8-23-19-26-16(10-27(19)9-13)14-7-12(3-4-15(14)21)24-17(28)18-22-5-6-31-18/h3-11H,1-2H3,(H,24,28)(H,25,29). The Bertz CT molecular complexity index is 1260. The lowest BCUT2D eigenvalue weighted by atomic mass is 10.1. The second-order valence-electron chi connectivity index (χ2n) is 6.74. The van der Waals surface area contributed by atoms with Crippen molar-refractivity contribution in [1.29, 1.82) is 0 Å². The second-order valence-corrected chi connectivity index (χ2v) is 7.64. The molecular formula is C20H17FN6O3S. The molecule has 0 unspecified atom stereocenters. The smallest absolute Gasteiger partial charge is 0.411 e. The number of nitrogens with one attached hydrogen (secondary N) is 2. The van der Waals surface area contributed by atoms with Crippen LogP contribution in [0.15, 0.2) is 48.4 Å². The van der Waals surface area contributed by atoms with E-state index in [9.17, 15) is 14.0 Å². The van der Waals surface area contributed by atoms with Crippen molar-refractivity contribution in [2.75, 3.05) is 10.6 Å². The molecule has 0 fully saturated rings. The van der Waals surface area contributed by atoms with Crippen LogP contribution in [-0.4, -0.2) is 37.5 Å². The van der Waals surface area contributed by atoms with E-state index in [4.69, 9.17) is 4.74 Å². The number of imidazole rings is 1. The topological polar surface area (TPSA) is 111 Å². The first-order valence-corrected chi connectivity index (χ1v) is 10.1. The van der Waals surface area contributed by atoms with Gasteiger partial charge in [-0.05, 0) is 32.0 Å². The number of aromatic nitrogens is 4. The Labute approximate surface area is 179 Å². The van der Waals surface area contributed by atoms with Crippen LogP contribution in [0.25, 0.3) is 17.0 Å². The molecule has 0 atom stereocenters. The minimum atomic E-state index is -0.605. The summed E-state index contributed by atoms with van der Waals surface area (Å²) in [6.07, 6.45) is 5.26. The van der Waals surface area contributed by atoms with Crippen molar-refractivity contribution in [1.82, 2.24) is 19.4 Å². The molecule has 1 aromatic carbocycles. The van der Waals surface area contributed by atoms with Gasteiger partial charge in [-0.2, -0.15) is 0 Å². The summed E-state index contributed by atoms with van der Waals surface area (Å²) in [6, 6.07) is 4.20. The molecule has 2 amide bonds. The zero-order chi connectivity index (χ0) is 22.0. The number of carbonyl (C=O) groups is 2. The average molecular weight is 440 g/mol.